The summed E-state index contributed by atoms with van der Waals surface area (Å²) >= 11 is 0. The van der Waals surface area contributed by atoms with Gasteiger partial charge in [-0.05, 0) is 37.2 Å². The van der Waals surface area contributed by atoms with Gasteiger partial charge in [0.15, 0.2) is 0 Å². The third-order valence-electron chi connectivity index (χ3n) is 4.78. The number of hydrogen-bond donors (Lipinski definition) is 1. The Morgan fingerprint density at radius 3 is 2.52 bits per heavy atom. The number of hydrogen-bond acceptors (Lipinski definition) is 4. The minimum Gasteiger partial charge on any atom is -0.337 e. The summed E-state index contributed by atoms with van der Waals surface area (Å²) in [4.78, 5) is 17.2. The zero-order chi connectivity index (χ0) is 19.3. The first kappa shape index (κ1) is 19.5. The molecule has 1 amide bonds. The summed E-state index contributed by atoms with van der Waals surface area (Å²) in [6.45, 7) is 3.92. The van der Waals surface area contributed by atoms with Crippen LogP contribution in [0.15, 0.2) is 59.5 Å². The molecular weight excluding hydrogens is 362 g/mol. The number of carbonyl (C=O) groups is 1. The van der Waals surface area contributed by atoms with E-state index in [-0.39, 0.29) is 10.8 Å². The van der Waals surface area contributed by atoms with E-state index in [1.807, 2.05) is 23.1 Å². The van der Waals surface area contributed by atoms with Gasteiger partial charge in [0.1, 0.15) is 0 Å². The number of carbonyl (C=O) groups excluding carboxylic acids is 1. The Hall–Kier alpha value is -2.22. The molecule has 27 heavy (non-hydrogen) atoms. The van der Waals surface area contributed by atoms with Crippen molar-refractivity contribution in [1.82, 2.24) is 14.5 Å². The predicted octanol–water partition coefficient (Wildman–Crippen LogP) is 1.94. The fraction of sp³-hybridized carbons (Fsp3) is 0.350. The normalized spacial score (nSPS) is 16.1. The predicted molar refractivity (Wildman–Crippen MR) is 105 cm³/mol. The molecule has 3 rings (SSSR count). The van der Waals surface area contributed by atoms with Crippen LogP contribution in [-0.4, -0.2) is 57.4 Å². The van der Waals surface area contributed by atoms with Crippen LogP contribution in [0, 0.1) is 0 Å². The maximum atomic E-state index is 12.9. The highest BCUT2D eigenvalue weighted by molar-refractivity contribution is 7.89. The molecule has 0 radical (unpaired) electrons. The van der Waals surface area contributed by atoms with Crippen molar-refractivity contribution in [3.05, 3.63) is 65.7 Å². The van der Waals surface area contributed by atoms with Crippen LogP contribution in [0.2, 0.25) is 0 Å². The van der Waals surface area contributed by atoms with Gasteiger partial charge < -0.3 is 4.90 Å². The second-order valence-corrected chi connectivity index (χ2v) is 8.53. The topological polar surface area (TPSA) is 69.7 Å². The Labute approximate surface area is 160 Å². The minimum absolute atomic E-state index is 0.108. The van der Waals surface area contributed by atoms with Crippen LogP contribution < -0.4 is 4.72 Å². The van der Waals surface area contributed by atoms with Crippen LogP contribution >= 0.6 is 0 Å². The van der Waals surface area contributed by atoms with E-state index in [2.05, 4.69) is 21.8 Å². The van der Waals surface area contributed by atoms with E-state index >= 15 is 0 Å². The molecule has 7 heteroatoms. The summed E-state index contributed by atoms with van der Waals surface area (Å²) in [5, 5.41) is 0. The van der Waals surface area contributed by atoms with Crippen LogP contribution in [0.3, 0.4) is 0 Å². The van der Waals surface area contributed by atoms with Crippen LogP contribution in [0.4, 0.5) is 0 Å². The molecule has 6 nitrogen and oxygen atoms in total. The fourth-order valence-electron chi connectivity index (χ4n) is 3.27. The highest BCUT2D eigenvalue weighted by Gasteiger charge is 2.22. The summed E-state index contributed by atoms with van der Waals surface area (Å²) in [6, 6.07) is 16.5. The standard InChI is InChI=1S/C20H25N3O3S/c1-21-27(25,26)19-10-5-9-18(15-19)20(24)23-12-6-11-22(13-14-23)16-17-7-3-2-4-8-17/h2-5,7-10,15,21H,6,11-14,16H2,1H3. The number of benzene rings is 2. The summed E-state index contributed by atoms with van der Waals surface area (Å²) in [5.41, 5.74) is 1.67. The lowest BCUT2D eigenvalue weighted by Gasteiger charge is -2.22. The highest BCUT2D eigenvalue weighted by Crippen LogP contribution is 2.15. The first-order chi connectivity index (χ1) is 13.0. The Balaban J connectivity index is 1.67. The van der Waals surface area contributed by atoms with Gasteiger partial charge in [0, 0.05) is 38.3 Å². The summed E-state index contributed by atoms with van der Waals surface area (Å²) < 4.78 is 26.2. The van der Waals surface area contributed by atoms with Gasteiger partial charge in [-0.1, -0.05) is 36.4 Å². The van der Waals surface area contributed by atoms with Crippen molar-refractivity contribution in [2.24, 2.45) is 0 Å². The molecule has 1 aliphatic heterocycles. The molecule has 1 aliphatic rings. The number of nitrogens with one attached hydrogen (secondary N) is 1. The number of nitrogens with zero attached hydrogens (tertiary/aromatic N) is 2. The van der Waals surface area contributed by atoms with Crippen molar-refractivity contribution in [2.45, 2.75) is 17.9 Å². The summed E-state index contributed by atoms with van der Waals surface area (Å²) in [5.74, 6) is -0.121. The lowest BCUT2D eigenvalue weighted by Crippen LogP contribution is -2.35. The quantitative estimate of drug-likeness (QED) is 0.851. The van der Waals surface area contributed by atoms with Gasteiger partial charge in [-0.3, -0.25) is 9.69 Å². The molecule has 2 aromatic rings. The fourth-order valence-corrected chi connectivity index (χ4v) is 4.05. The molecule has 0 unspecified atom stereocenters. The molecule has 1 fully saturated rings. The van der Waals surface area contributed by atoms with Gasteiger partial charge in [-0.25, -0.2) is 13.1 Å². The number of rotatable bonds is 5. The molecule has 2 aromatic carbocycles. The third-order valence-corrected chi connectivity index (χ3v) is 6.20. The monoisotopic (exact) mass is 387 g/mol. The minimum atomic E-state index is -3.56. The van der Waals surface area contributed by atoms with Crippen LogP contribution in [-0.2, 0) is 16.6 Å². The lowest BCUT2D eigenvalue weighted by molar-refractivity contribution is 0.0761. The molecule has 1 heterocycles. The van der Waals surface area contributed by atoms with E-state index < -0.39 is 10.0 Å². The molecule has 144 valence electrons. The largest absolute Gasteiger partial charge is 0.337 e. The lowest BCUT2D eigenvalue weighted by atomic mass is 10.2. The number of amides is 1. The highest BCUT2D eigenvalue weighted by atomic mass is 32.2. The van der Waals surface area contributed by atoms with Crippen LogP contribution in [0.5, 0.6) is 0 Å². The van der Waals surface area contributed by atoms with E-state index in [1.54, 1.807) is 12.1 Å². The molecule has 0 aliphatic carbocycles. The average Bonchev–Trinajstić information content (AvgIpc) is 2.94. The van der Waals surface area contributed by atoms with Gasteiger partial charge in [0.2, 0.25) is 10.0 Å². The van der Waals surface area contributed by atoms with E-state index in [4.69, 9.17) is 0 Å². The second kappa shape index (κ2) is 8.65. The van der Waals surface area contributed by atoms with E-state index in [0.717, 1.165) is 26.1 Å². The second-order valence-electron chi connectivity index (χ2n) is 6.64. The zero-order valence-electron chi connectivity index (χ0n) is 15.5. The van der Waals surface area contributed by atoms with Gasteiger partial charge in [-0.2, -0.15) is 0 Å². The molecular formula is C20H25N3O3S. The maximum absolute atomic E-state index is 12.9. The Kier molecular flexibility index (Phi) is 6.26. The molecule has 1 saturated heterocycles. The molecule has 0 atom stereocenters. The average molecular weight is 388 g/mol. The van der Waals surface area contributed by atoms with E-state index in [9.17, 15) is 13.2 Å². The Morgan fingerprint density at radius 1 is 1.00 bits per heavy atom. The van der Waals surface area contributed by atoms with Gasteiger partial charge in [0.25, 0.3) is 5.91 Å². The van der Waals surface area contributed by atoms with Crippen molar-refractivity contribution in [2.75, 3.05) is 33.2 Å². The van der Waals surface area contributed by atoms with Crippen molar-refractivity contribution in [3.63, 3.8) is 0 Å². The van der Waals surface area contributed by atoms with E-state index in [0.29, 0.717) is 18.7 Å². The summed E-state index contributed by atoms with van der Waals surface area (Å²) in [7, 11) is -2.20. The van der Waals surface area contributed by atoms with Crippen LogP contribution in [0.25, 0.3) is 0 Å². The molecule has 1 N–H and O–H groups in total. The van der Waals surface area contributed by atoms with Crippen molar-refractivity contribution < 1.29 is 13.2 Å². The number of sulfonamides is 1. The summed E-state index contributed by atoms with van der Waals surface area (Å²) in [6.07, 6.45) is 0.896. The smallest absolute Gasteiger partial charge is 0.253 e. The Bertz CT molecular complexity index is 884. The van der Waals surface area contributed by atoms with Crippen molar-refractivity contribution in [3.8, 4) is 0 Å². The van der Waals surface area contributed by atoms with E-state index in [1.165, 1.54) is 24.7 Å². The van der Waals surface area contributed by atoms with Gasteiger partial charge in [-0.15, -0.1) is 0 Å². The van der Waals surface area contributed by atoms with Crippen molar-refractivity contribution >= 4 is 15.9 Å². The first-order valence-electron chi connectivity index (χ1n) is 9.09. The van der Waals surface area contributed by atoms with Gasteiger partial charge >= 0.3 is 0 Å². The molecule has 0 saturated carbocycles. The zero-order valence-corrected chi connectivity index (χ0v) is 16.3. The molecule has 0 aromatic heterocycles. The SMILES string of the molecule is CNS(=O)(=O)c1cccc(C(=O)N2CCCN(Cc3ccccc3)CC2)c1. The Morgan fingerprint density at radius 2 is 1.78 bits per heavy atom. The third kappa shape index (κ3) is 4.94. The van der Waals surface area contributed by atoms with Crippen molar-refractivity contribution in [1.29, 1.82) is 0 Å². The maximum Gasteiger partial charge on any atom is 0.253 e. The molecule has 0 bridgehead atoms. The van der Waals surface area contributed by atoms with Crippen LogP contribution in [0.1, 0.15) is 22.3 Å². The molecule has 0 spiro atoms. The van der Waals surface area contributed by atoms with Gasteiger partial charge in [0.05, 0.1) is 4.90 Å². The first-order valence-corrected chi connectivity index (χ1v) is 10.6.